The second-order valence-corrected chi connectivity index (χ2v) is 5.79. The Labute approximate surface area is 125 Å². The number of nitrogens with zero attached hydrogens (tertiary/aromatic N) is 2. The third-order valence-corrected chi connectivity index (χ3v) is 4.67. The Morgan fingerprint density at radius 3 is 2.71 bits per heavy atom. The number of methoxy groups -OCH3 is 1. The highest BCUT2D eigenvalue weighted by molar-refractivity contribution is 7.99. The minimum absolute atomic E-state index is 0.337. The predicted octanol–water partition coefficient (Wildman–Crippen LogP) is 1.92. The third-order valence-electron chi connectivity index (χ3n) is 3.50. The van der Waals surface area contributed by atoms with E-state index in [2.05, 4.69) is 5.32 Å². The third kappa shape index (κ3) is 2.09. The van der Waals surface area contributed by atoms with Gasteiger partial charge in [-0.2, -0.15) is 0 Å². The van der Waals surface area contributed by atoms with Gasteiger partial charge in [0.2, 0.25) is 0 Å². The zero-order valence-electron chi connectivity index (χ0n) is 11.9. The summed E-state index contributed by atoms with van der Waals surface area (Å²) in [5, 5.41) is 3.71. The lowest BCUT2D eigenvalue weighted by Gasteiger charge is -2.26. The monoisotopic (exact) mass is 305 g/mol. The molecule has 1 aliphatic heterocycles. The predicted molar refractivity (Wildman–Crippen MR) is 81.5 cm³/mol. The molecule has 0 spiro atoms. The molecular weight excluding hydrogens is 290 g/mol. The molecular formula is C14H15N3O3S. The van der Waals surface area contributed by atoms with E-state index in [1.165, 1.54) is 30.5 Å². The van der Waals surface area contributed by atoms with Crippen LogP contribution in [0.1, 0.15) is 13.2 Å². The summed E-state index contributed by atoms with van der Waals surface area (Å²) >= 11 is 1.40. The Bertz CT molecular complexity index is 825. The number of aromatic nitrogens is 2. The highest BCUT2D eigenvalue weighted by atomic mass is 32.2. The molecule has 0 bridgehead atoms. The largest absolute Gasteiger partial charge is 0.361 e. The number of para-hydroxylation sites is 1. The summed E-state index contributed by atoms with van der Waals surface area (Å²) in [5.74, 6) is 0. The maximum atomic E-state index is 12.4. The van der Waals surface area contributed by atoms with Crippen molar-refractivity contribution in [2.45, 2.75) is 23.1 Å². The molecule has 0 saturated heterocycles. The quantitative estimate of drug-likeness (QED) is 0.733. The van der Waals surface area contributed by atoms with Crippen molar-refractivity contribution in [3.05, 3.63) is 45.1 Å². The van der Waals surface area contributed by atoms with Crippen molar-refractivity contribution in [1.29, 1.82) is 0 Å². The van der Waals surface area contributed by atoms with Crippen molar-refractivity contribution < 1.29 is 4.74 Å². The van der Waals surface area contributed by atoms with Gasteiger partial charge in [-0.25, -0.2) is 4.79 Å². The summed E-state index contributed by atoms with van der Waals surface area (Å²) in [6.45, 7) is 1.77. The Morgan fingerprint density at radius 1 is 1.29 bits per heavy atom. The summed E-state index contributed by atoms with van der Waals surface area (Å²) in [6, 6.07) is 7.66. The number of ether oxygens (including phenoxy) is 1. The topological polar surface area (TPSA) is 65.3 Å². The normalized spacial score (nSPS) is 14.0. The van der Waals surface area contributed by atoms with Gasteiger partial charge in [-0.15, -0.1) is 0 Å². The molecule has 0 fully saturated rings. The molecule has 1 aromatic heterocycles. The summed E-state index contributed by atoms with van der Waals surface area (Å²) in [5.41, 5.74) is 0.547. The van der Waals surface area contributed by atoms with Crippen molar-refractivity contribution in [2.24, 2.45) is 7.05 Å². The van der Waals surface area contributed by atoms with Gasteiger partial charge in [0.25, 0.3) is 5.56 Å². The van der Waals surface area contributed by atoms with Crippen LogP contribution in [0.3, 0.4) is 0 Å². The molecule has 6 nitrogen and oxygen atoms in total. The van der Waals surface area contributed by atoms with E-state index in [-0.39, 0.29) is 11.2 Å². The zero-order valence-corrected chi connectivity index (χ0v) is 12.7. The maximum absolute atomic E-state index is 12.4. The Kier molecular flexibility index (Phi) is 3.38. The minimum Gasteiger partial charge on any atom is -0.361 e. The zero-order chi connectivity index (χ0) is 15.1. The van der Waals surface area contributed by atoms with Gasteiger partial charge in [0.1, 0.15) is 16.9 Å². The first kappa shape index (κ1) is 14.0. The number of hydrogen-bond acceptors (Lipinski definition) is 5. The van der Waals surface area contributed by atoms with E-state index in [1.807, 2.05) is 24.3 Å². The minimum atomic E-state index is -0.461. The molecule has 3 rings (SSSR count). The van der Waals surface area contributed by atoms with Crippen molar-refractivity contribution in [3.8, 4) is 0 Å². The molecule has 0 radical (unpaired) electrons. The van der Waals surface area contributed by atoms with Crippen LogP contribution in [0.15, 0.2) is 43.8 Å². The summed E-state index contributed by atoms with van der Waals surface area (Å²) in [7, 11) is 3.00. The molecule has 110 valence electrons. The maximum Gasteiger partial charge on any atom is 0.333 e. The van der Waals surface area contributed by atoms with Gasteiger partial charge in [-0.3, -0.25) is 13.9 Å². The molecule has 2 heterocycles. The first-order chi connectivity index (χ1) is 10.0. The SMILES string of the molecule is COC(C)n1c2c(c(=O)n(C)c1=O)Nc1ccccc1S2. The lowest BCUT2D eigenvalue weighted by molar-refractivity contribution is 0.0483. The highest BCUT2D eigenvalue weighted by Crippen LogP contribution is 2.42. The number of hydrogen-bond donors (Lipinski definition) is 1. The van der Waals surface area contributed by atoms with Gasteiger partial charge in [-0.05, 0) is 19.1 Å². The van der Waals surface area contributed by atoms with Gasteiger partial charge in [0, 0.05) is 19.1 Å². The molecule has 0 saturated carbocycles. The second-order valence-electron chi connectivity index (χ2n) is 4.76. The van der Waals surface area contributed by atoms with E-state index in [9.17, 15) is 9.59 Å². The Morgan fingerprint density at radius 2 is 2.00 bits per heavy atom. The van der Waals surface area contributed by atoms with Crippen LogP contribution in [0.25, 0.3) is 0 Å². The molecule has 7 heteroatoms. The van der Waals surface area contributed by atoms with Crippen molar-refractivity contribution in [2.75, 3.05) is 12.4 Å². The lowest BCUT2D eigenvalue weighted by Crippen LogP contribution is -2.42. The van der Waals surface area contributed by atoms with Gasteiger partial charge in [-0.1, -0.05) is 23.9 Å². The van der Waals surface area contributed by atoms with E-state index < -0.39 is 6.23 Å². The summed E-state index contributed by atoms with van der Waals surface area (Å²) in [4.78, 5) is 25.7. The number of anilines is 2. The molecule has 1 aromatic carbocycles. The fraction of sp³-hybridized carbons (Fsp3) is 0.286. The number of fused-ring (bicyclic) bond motifs is 2. The summed E-state index contributed by atoms with van der Waals surface area (Å²) in [6.07, 6.45) is -0.461. The van der Waals surface area contributed by atoms with Crippen LogP contribution in [-0.4, -0.2) is 16.2 Å². The van der Waals surface area contributed by atoms with Crippen LogP contribution in [-0.2, 0) is 11.8 Å². The first-order valence-corrected chi connectivity index (χ1v) is 7.28. The second kappa shape index (κ2) is 5.09. The van der Waals surface area contributed by atoms with E-state index in [0.29, 0.717) is 10.7 Å². The van der Waals surface area contributed by atoms with E-state index in [4.69, 9.17) is 4.74 Å². The Balaban J connectivity index is 2.30. The molecule has 1 aliphatic rings. The van der Waals surface area contributed by atoms with Crippen LogP contribution in [0.4, 0.5) is 11.4 Å². The molecule has 1 unspecified atom stereocenters. The van der Waals surface area contributed by atoms with E-state index >= 15 is 0 Å². The molecule has 0 amide bonds. The van der Waals surface area contributed by atoms with Crippen LogP contribution in [0, 0.1) is 0 Å². The van der Waals surface area contributed by atoms with Gasteiger partial charge in [0.05, 0.1) is 5.69 Å². The standard InChI is InChI=1S/C14H15N3O3S/c1-8(20-3)17-13-11(12(18)16(2)14(17)19)15-9-6-4-5-7-10(9)21-13/h4-8,15H,1-3H3. The lowest BCUT2D eigenvalue weighted by atomic mass is 10.3. The highest BCUT2D eigenvalue weighted by Gasteiger charge is 2.26. The van der Waals surface area contributed by atoms with Crippen molar-refractivity contribution >= 4 is 23.1 Å². The average molecular weight is 305 g/mol. The molecule has 2 aromatic rings. The van der Waals surface area contributed by atoms with Crippen LogP contribution in [0.5, 0.6) is 0 Å². The average Bonchev–Trinajstić information content (AvgIpc) is 2.51. The molecule has 0 aliphatic carbocycles. The molecule has 21 heavy (non-hydrogen) atoms. The summed E-state index contributed by atoms with van der Waals surface area (Å²) < 4.78 is 7.86. The van der Waals surface area contributed by atoms with Crippen LogP contribution >= 0.6 is 11.8 Å². The fourth-order valence-electron chi connectivity index (χ4n) is 2.25. The number of benzene rings is 1. The van der Waals surface area contributed by atoms with Crippen molar-refractivity contribution in [3.63, 3.8) is 0 Å². The van der Waals surface area contributed by atoms with Gasteiger partial charge >= 0.3 is 5.69 Å². The van der Waals surface area contributed by atoms with Gasteiger partial charge in [0.15, 0.2) is 0 Å². The number of nitrogens with one attached hydrogen (secondary N) is 1. The number of rotatable bonds is 2. The van der Waals surface area contributed by atoms with Crippen LogP contribution in [0.2, 0.25) is 0 Å². The van der Waals surface area contributed by atoms with Crippen molar-refractivity contribution in [1.82, 2.24) is 9.13 Å². The first-order valence-electron chi connectivity index (χ1n) is 6.46. The van der Waals surface area contributed by atoms with Crippen LogP contribution < -0.4 is 16.6 Å². The van der Waals surface area contributed by atoms with Gasteiger partial charge < -0.3 is 10.1 Å². The smallest absolute Gasteiger partial charge is 0.333 e. The molecule has 1 N–H and O–H groups in total. The fourth-order valence-corrected chi connectivity index (χ4v) is 3.40. The van der Waals surface area contributed by atoms with E-state index in [0.717, 1.165) is 15.1 Å². The van der Waals surface area contributed by atoms with E-state index in [1.54, 1.807) is 6.92 Å². The Hall–Kier alpha value is -1.99. The molecule has 1 atom stereocenters.